The topological polar surface area (TPSA) is 85.3 Å². The average molecular weight is 601 g/mol. The summed E-state index contributed by atoms with van der Waals surface area (Å²) >= 11 is 0. The zero-order valence-electron chi connectivity index (χ0n) is 23.3. The third kappa shape index (κ3) is 6.53. The predicted molar refractivity (Wildman–Crippen MR) is 151 cm³/mol. The number of amides is 2. The van der Waals surface area contributed by atoms with Crippen LogP contribution < -0.4 is 10.6 Å². The lowest BCUT2D eigenvalue weighted by molar-refractivity contribution is -0.137. The van der Waals surface area contributed by atoms with Crippen LogP contribution in [0.5, 0.6) is 0 Å². The normalized spacial score (nSPS) is 15.4. The zero-order valence-corrected chi connectivity index (χ0v) is 23.3. The number of hydrogen-bond acceptors (Lipinski definition) is 4. The van der Waals surface area contributed by atoms with Crippen molar-refractivity contribution in [1.29, 1.82) is 0 Å². The van der Waals surface area contributed by atoms with E-state index in [-0.39, 0.29) is 30.0 Å². The van der Waals surface area contributed by atoms with Gasteiger partial charge in [-0.25, -0.2) is 8.78 Å². The molecule has 0 spiro atoms. The third-order valence-corrected chi connectivity index (χ3v) is 7.29. The van der Waals surface area contributed by atoms with Crippen molar-refractivity contribution in [2.45, 2.75) is 45.5 Å². The summed E-state index contributed by atoms with van der Waals surface area (Å²) in [5, 5.41) is 6.02. The monoisotopic (exact) mass is 600 g/mol. The number of halogens is 5. The van der Waals surface area contributed by atoms with E-state index in [0.29, 0.717) is 47.5 Å². The molecule has 1 saturated heterocycles. The van der Waals surface area contributed by atoms with Crippen molar-refractivity contribution in [3.63, 3.8) is 0 Å². The van der Waals surface area contributed by atoms with Crippen LogP contribution in [0.15, 0.2) is 60.8 Å². The maximum atomic E-state index is 13.7. The number of carbonyl (C=O) groups excluding carboxylic acids is 2. The lowest BCUT2D eigenvalue weighted by Gasteiger charge is -2.17. The fraction of sp³-hybridized carbons (Fsp3) is 0.323. The quantitative estimate of drug-likeness (QED) is 0.211. The first-order valence-corrected chi connectivity index (χ1v) is 13.7. The maximum Gasteiger partial charge on any atom is 0.416 e. The molecular formula is C31H29F5N4O3. The van der Waals surface area contributed by atoms with Crippen molar-refractivity contribution >= 4 is 28.4 Å². The van der Waals surface area contributed by atoms with Crippen LogP contribution in [0.4, 0.5) is 27.6 Å². The first-order valence-electron chi connectivity index (χ1n) is 13.7. The summed E-state index contributed by atoms with van der Waals surface area (Å²) in [5.74, 6) is -1.31. The molecule has 43 heavy (non-hydrogen) atoms. The molecule has 2 amide bonds. The van der Waals surface area contributed by atoms with Gasteiger partial charge in [0.1, 0.15) is 5.69 Å². The SMILES string of the molecule is CC(C)C(=O)NCc1cnc(C(F)F)c(C(=O)Nc2ccc3c(c2)cc(-c2ccc(C(F)(F)F)cc2)n3C2CCOC2)c1. The first kappa shape index (κ1) is 30.1. The second-order valence-electron chi connectivity index (χ2n) is 10.7. The molecule has 3 heterocycles. The van der Waals surface area contributed by atoms with E-state index in [1.165, 1.54) is 24.4 Å². The van der Waals surface area contributed by atoms with Gasteiger partial charge in [-0.3, -0.25) is 14.6 Å². The minimum atomic E-state index is -4.46. The second kappa shape index (κ2) is 12.1. The number of ether oxygens (including phenoxy) is 1. The van der Waals surface area contributed by atoms with Crippen LogP contribution in [0, 0.1) is 5.92 Å². The predicted octanol–water partition coefficient (Wildman–Crippen LogP) is 7.15. The van der Waals surface area contributed by atoms with Crippen molar-refractivity contribution in [1.82, 2.24) is 14.9 Å². The van der Waals surface area contributed by atoms with Crippen LogP contribution in [0.25, 0.3) is 22.2 Å². The van der Waals surface area contributed by atoms with Crippen LogP contribution in [0.1, 0.15) is 59.9 Å². The molecule has 2 N–H and O–H groups in total. The van der Waals surface area contributed by atoms with Crippen LogP contribution in [0.2, 0.25) is 0 Å². The van der Waals surface area contributed by atoms with Gasteiger partial charge in [0.15, 0.2) is 0 Å². The number of hydrogen-bond donors (Lipinski definition) is 2. The molecule has 1 aliphatic heterocycles. The summed E-state index contributed by atoms with van der Waals surface area (Å²) in [6, 6.07) is 13.0. The summed E-state index contributed by atoms with van der Waals surface area (Å²) in [4.78, 5) is 28.9. The molecule has 1 fully saturated rings. The minimum Gasteiger partial charge on any atom is -0.379 e. The Bertz CT molecular complexity index is 1640. The van der Waals surface area contributed by atoms with Crippen LogP contribution in [-0.4, -0.2) is 34.6 Å². The molecule has 4 aromatic rings. The van der Waals surface area contributed by atoms with Gasteiger partial charge in [-0.05, 0) is 60.0 Å². The molecule has 0 radical (unpaired) electrons. The van der Waals surface area contributed by atoms with Crippen molar-refractivity contribution in [2.24, 2.45) is 5.92 Å². The number of benzene rings is 2. The van der Waals surface area contributed by atoms with Crippen molar-refractivity contribution < 1.29 is 36.3 Å². The lowest BCUT2D eigenvalue weighted by atomic mass is 10.1. The molecule has 12 heteroatoms. The van der Waals surface area contributed by atoms with Gasteiger partial charge in [0.05, 0.1) is 23.8 Å². The highest BCUT2D eigenvalue weighted by Crippen LogP contribution is 2.37. The molecule has 1 aliphatic rings. The Morgan fingerprint density at radius 2 is 1.81 bits per heavy atom. The van der Waals surface area contributed by atoms with Crippen LogP contribution in [-0.2, 0) is 22.3 Å². The van der Waals surface area contributed by atoms with Gasteiger partial charge < -0.3 is 19.9 Å². The molecule has 2 aromatic carbocycles. The van der Waals surface area contributed by atoms with Crippen LogP contribution in [0.3, 0.4) is 0 Å². The lowest BCUT2D eigenvalue weighted by Crippen LogP contribution is -2.27. The van der Waals surface area contributed by atoms with Crippen molar-refractivity contribution in [3.8, 4) is 11.3 Å². The molecule has 0 saturated carbocycles. The number of carbonyl (C=O) groups is 2. The highest BCUT2D eigenvalue weighted by atomic mass is 19.4. The summed E-state index contributed by atoms with van der Waals surface area (Å²) < 4.78 is 74.6. The Balaban J connectivity index is 1.46. The fourth-order valence-electron chi connectivity index (χ4n) is 5.05. The smallest absolute Gasteiger partial charge is 0.379 e. The summed E-state index contributed by atoms with van der Waals surface area (Å²) in [6.45, 7) is 4.43. The summed E-state index contributed by atoms with van der Waals surface area (Å²) in [6.07, 6.45) is -5.55. The number of nitrogens with one attached hydrogen (secondary N) is 2. The van der Waals surface area contributed by atoms with Gasteiger partial charge in [-0.15, -0.1) is 0 Å². The van der Waals surface area contributed by atoms with Gasteiger partial charge in [0.25, 0.3) is 12.3 Å². The number of fused-ring (bicyclic) bond motifs is 1. The highest BCUT2D eigenvalue weighted by Gasteiger charge is 2.30. The number of aromatic nitrogens is 2. The van der Waals surface area contributed by atoms with E-state index in [1.807, 2.05) is 10.6 Å². The van der Waals surface area contributed by atoms with Crippen molar-refractivity contribution in [3.05, 3.63) is 83.2 Å². The largest absolute Gasteiger partial charge is 0.416 e. The van der Waals surface area contributed by atoms with Gasteiger partial charge in [-0.1, -0.05) is 26.0 Å². The van der Waals surface area contributed by atoms with Gasteiger partial charge in [0, 0.05) is 47.6 Å². The Morgan fingerprint density at radius 1 is 1.07 bits per heavy atom. The Hall–Kier alpha value is -4.32. The van der Waals surface area contributed by atoms with E-state index in [4.69, 9.17) is 4.74 Å². The second-order valence-corrected chi connectivity index (χ2v) is 10.7. The van der Waals surface area contributed by atoms with Gasteiger partial charge >= 0.3 is 6.18 Å². The van der Waals surface area contributed by atoms with E-state index in [0.717, 1.165) is 17.6 Å². The van der Waals surface area contributed by atoms with Crippen molar-refractivity contribution in [2.75, 3.05) is 18.5 Å². The number of anilines is 1. The zero-order chi connectivity index (χ0) is 30.9. The molecule has 226 valence electrons. The number of nitrogens with zero attached hydrogens (tertiary/aromatic N) is 2. The molecule has 5 rings (SSSR count). The summed E-state index contributed by atoms with van der Waals surface area (Å²) in [7, 11) is 0. The third-order valence-electron chi connectivity index (χ3n) is 7.29. The Morgan fingerprint density at radius 3 is 2.44 bits per heavy atom. The van der Waals surface area contributed by atoms with Gasteiger partial charge in [-0.2, -0.15) is 13.2 Å². The number of rotatable bonds is 8. The fourth-order valence-corrected chi connectivity index (χ4v) is 5.05. The Kier molecular flexibility index (Phi) is 8.50. The molecular weight excluding hydrogens is 571 g/mol. The average Bonchev–Trinajstić information content (AvgIpc) is 3.63. The summed E-state index contributed by atoms with van der Waals surface area (Å²) in [5.41, 5.74) is 0.996. The first-order chi connectivity index (χ1) is 20.4. The van der Waals surface area contributed by atoms with E-state index in [1.54, 1.807) is 32.0 Å². The van der Waals surface area contributed by atoms with Crippen LogP contribution >= 0.6 is 0 Å². The Labute approximate surface area is 244 Å². The molecule has 7 nitrogen and oxygen atoms in total. The van der Waals surface area contributed by atoms with E-state index in [9.17, 15) is 31.5 Å². The molecule has 0 bridgehead atoms. The molecule has 0 aliphatic carbocycles. The van der Waals surface area contributed by atoms with E-state index in [2.05, 4.69) is 15.6 Å². The highest BCUT2D eigenvalue weighted by molar-refractivity contribution is 6.06. The number of alkyl halides is 5. The van der Waals surface area contributed by atoms with Gasteiger partial charge in [0.2, 0.25) is 5.91 Å². The molecule has 2 aromatic heterocycles. The van der Waals surface area contributed by atoms with E-state index < -0.39 is 29.8 Å². The number of pyridine rings is 1. The van der Waals surface area contributed by atoms with E-state index >= 15 is 0 Å². The minimum absolute atomic E-state index is 0.0187. The maximum absolute atomic E-state index is 13.7. The molecule has 1 unspecified atom stereocenters. The standard InChI is InChI=1S/C31H29F5N4O3/c1-17(2)29(41)38-15-18-11-24(27(28(32)33)37-14-18)30(42)39-22-7-8-25-20(12-22)13-26(40(25)23-9-10-43-16-23)19-3-5-21(6-4-19)31(34,35)36/h3-8,11-14,17,23,28H,9-10,15-16H2,1-2H3,(H,38,41)(H,39,42). The molecule has 1 atom stereocenters.